The Bertz CT molecular complexity index is 1400. The fraction of sp³-hybridized carbons (Fsp3) is 0.304. The van der Waals surface area contributed by atoms with Crippen LogP contribution in [0, 0.1) is 5.41 Å². The molecule has 1 aliphatic heterocycles. The van der Waals surface area contributed by atoms with Crippen molar-refractivity contribution < 1.29 is 1.37 Å². The first-order valence-corrected chi connectivity index (χ1v) is 12.0. The van der Waals surface area contributed by atoms with Gasteiger partial charge in [0.15, 0.2) is 5.65 Å². The van der Waals surface area contributed by atoms with Crippen molar-refractivity contribution in [3.63, 3.8) is 0 Å². The van der Waals surface area contributed by atoms with E-state index in [1.807, 2.05) is 22.9 Å². The van der Waals surface area contributed by atoms with E-state index in [1.165, 1.54) is 23.5 Å². The molecule has 0 bridgehead atoms. The number of fused-ring (bicyclic) bond motifs is 2. The van der Waals surface area contributed by atoms with E-state index in [4.69, 9.17) is 29.4 Å². The van der Waals surface area contributed by atoms with Gasteiger partial charge in [0.25, 0.3) is 0 Å². The molecule has 0 aromatic carbocycles. The molecule has 6 rings (SSSR count). The molecule has 1 aliphatic carbocycles. The molecule has 0 saturated carbocycles. The molecule has 2 aliphatic rings. The van der Waals surface area contributed by atoms with Crippen LogP contribution in [0.2, 0.25) is 5.02 Å². The standard InChI is InChI=1S/C23H23ClN8S/c24-18-16(3-7-28-20(18)26)33-17-13-30-22(32-11-8-29-21(17)32)31-9-4-23(5-10-31)12-15-14(19(23)25)2-1-6-27-15/h1-3,6-8,11,13,19H,4-5,9-10,12,25H2,(H2,26,28)/t19-/m1/s1/i3D. The van der Waals surface area contributed by atoms with E-state index in [-0.39, 0.29) is 28.3 Å². The fourth-order valence-corrected chi connectivity index (χ4v) is 6.16. The Morgan fingerprint density at radius 2 is 1.97 bits per heavy atom. The summed E-state index contributed by atoms with van der Waals surface area (Å²) in [6.45, 7) is 1.72. The van der Waals surface area contributed by atoms with Gasteiger partial charge in [0.1, 0.15) is 5.82 Å². The van der Waals surface area contributed by atoms with Gasteiger partial charge in [-0.05, 0) is 42.3 Å². The Kier molecular flexibility index (Phi) is 4.66. The van der Waals surface area contributed by atoms with Gasteiger partial charge in [0.05, 0.1) is 11.3 Å². The third kappa shape index (κ3) is 3.34. The third-order valence-corrected chi connectivity index (χ3v) is 8.42. The highest BCUT2D eigenvalue weighted by Gasteiger charge is 2.46. The molecule has 1 spiro atoms. The lowest BCUT2D eigenvalue weighted by Crippen LogP contribution is -2.45. The quantitative estimate of drug-likeness (QED) is 0.457. The Labute approximate surface area is 201 Å². The number of aromatic nitrogens is 5. The zero-order valence-corrected chi connectivity index (χ0v) is 19.4. The van der Waals surface area contributed by atoms with Crippen molar-refractivity contribution in [2.45, 2.75) is 35.1 Å². The Morgan fingerprint density at radius 1 is 1.12 bits per heavy atom. The highest BCUT2D eigenvalue weighted by Crippen LogP contribution is 2.50. The summed E-state index contributed by atoms with van der Waals surface area (Å²) in [7, 11) is 0. The third-order valence-electron chi connectivity index (χ3n) is 6.89. The minimum Gasteiger partial charge on any atom is -0.382 e. The predicted molar refractivity (Wildman–Crippen MR) is 130 cm³/mol. The summed E-state index contributed by atoms with van der Waals surface area (Å²) in [5, 5.41) is 0.274. The average Bonchev–Trinajstić information content (AvgIpc) is 3.44. The van der Waals surface area contributed by atoms with Gasteiger partial charge < -0.3 is 16.4 Å². The number of halogens is 1. The van der Waals surface area contributed by atoms with Gasteiger partial charge in [-0.25, -0.2) is 15.0 Å². The average molecular weight is 480 g/mol. The van der Waals surface area contributed by atoms with Gasteiger partial charge in [0.2, 0.25) is 5.95 Å². The van der Waals surface area contributed by atoms with Crippen LogP contribution in [0.4, 0.5) is 11.8 Å². The van der Waals surface area contributed by atoms with E-state index in [1.54, 1.807) is 12.4 Å². The summed E-state index contributed by atoms with van der Waals surface area (Å²) in [5.41, 5.74) is 15.7. The van der Waals surface area contributed by atoms with Crippen molar-refractivity contribution in [1.29, 1.82) is 0 Å². The van der Waals surface area contributed by atoms with Crippen LogP contribution >= 0.6 is 23.4 Å². The number of nitrogens with zero attached hydrogens (tertiary/aromatic N) is 6. The van der Waals surface area contributed by atoms with Gasteiger partial charge in [-0.3, -0.25) is 9.38 Å². The topological polar surface area (TPSA) is 111 Å². The van der Waals surface area contributed by atoms with E-state index in [0.29, 0.717) is 4.90 Å². The number of hydrogen-bond donors (Lipinski definition) is 2. The summed E-state index contributed by atoms with van der Waals surface area (Å²) < 4.78 is 10.2. The minimum absolute atomic E-state index is 0.0231. The van der Waals surface area contributed by atoms with E-state index in [2.05, 4.69) is 25.9 Å². The number of hydrogen-bond acceptors (Lipinski definition) is 8. The van der Waals surface area contributed by atoms with Crippen LogP contribution in [0.3, 0.4) is 0 Å². The maximum absolute atomic E-state index is 8.18. The van der Waals surface area contributed by atoms with Crippen LogP contribution in [0.15, 0.2) is 59.0 Å². The number of nitrogens with two attached hydrogens (primary N) is 2. The van der Waals surface area contributed by atoms with Crippen molar-refractivity contribution in [3.05, 3.63) is 65.4 Å². The first-order valence-electron chi connectivity index (χ1n) is 11.3. The van der Waals surface area contributed by atoms with E-state index in [9.17, 15) is 0 Å². The zero-order chi connectivity index (χ0) is 23.4. The van der Waals surface area contributed by atoms with Crippen molar-refractivity contribution in [1.82, 2.24) is 24.3 Å². The molecule has 0 amide bonds. The molecule has 5 heterocycles. The molecule has 0 radical (unpaired) electrons. The number of imidazole rings is 1. The summed E-state index contributed by atoms with van der Waals surface area (Å²) >= 11 is 7.66. The molecule has 1 atom stereocenters. The summed E-state index contributed by atoms with van der Waals surface area (Å²) in [6, 6.07) is 4.33. The lowest BCUT2D eigenvalue weighted by molar-refractivity contribution is 0.186. The molecule has 10 heteroatoms. The molecule has 8 nitrogen and oxygen atoms in total. The number of anilines is 2. The summed E-state index contributed by atoms with van der Waals surface area (Å²) in [4.78, 5) is 21.5. The molecular formula is C23H23ClN8S. The van der Waals surface area contributed by atoms with Gasteiger partial charge >= 0.3 is 0 Å². The van der Waals surface area contributed by atoms with Crippen LogP contribution in [0.5, 0.6) is 0 Å². The highest BCUT2D eigenvalue weighted by molar-refractivity contribution is 7.99. The minimum atomic E-state index is 0.0231. The highest BCUT2D eigenvalue weighted by atomic mass is 35.5. The van der Waals surface area contributed by atoms with Crippen LogP contribution in [-0.2, 0) is 6.42 Å². The Hall–Kier alpha value is -2.88. The fourth-order valence-electron chi connectivity index (χ4n) is 5.06. The van der Waals surface area contributed by atoms with Crippen molar-refractivity contribution in [3.8, 4) is 0 Å². The normalized spacial score (nSPS) is 19.8. The Balaban J connectivity index is 1.27. The van der Waals surface area contributed by atoms with Crippen LogP contribution < -0.4 is 16.4 Å². The van der Waals surface area contributed by atoms with E-state index in [0.717, 1.165) is 54.5 Å². The molecule has 4 N–H and O–H groups in total. The summed E-state index contributed by atoms with van der Waals surface area (Å²) in [6.07, 6.45) is 11.6. The second kappa shape index (κ2) is 7.86. The molecule has 0 unspecified atom stereocenters. The maximum atomic E-state index is 8.18. The largest absolute Gasteiger partial charge is 0.382 e. The van der Waals surface area contributed by atoms with Crippen molar-refractivity contribution in [2.24, 2.45) is 11.1 Å². The first kappa shape index (κ1) is 19.6. The van der Waals surface area contributed by atoms with Gasteiger partial charge in [0, 0.05) is 60.7 Å². The number of pyridine rings is 2. The monoisotopic (exact) mass is 479 g/mol. The zero-order valence-electron chi connectivity index (χ0n) is 18.8. The molecule has 1 saturated heterocycles. The second-order valence-corrected chi connectivity index (χ2v) is 10.0. The smallest absolute Gasteiger partial charge is 0.211 e. The van der Waals surface area contributed by atoms with E-state index < -0.39 is 0 Å². The molecule has 1 fully saturated rings. The van der Waals surface area contributed by atoms with Crippen LogP contribution in [-0.4, -0.2) is 37.4 Å². The molecule has 4 aromatic heterocycles. The number of nitrogen functional groups attached to an aromatic ring is 1. The molecular weight excluding hydrogens is 456 g/mol. The molecule has 33 heavy (non-hydrogen) atoms. The van der Waals surface area contributed by atoms with Crippen LogP contribution in [0.1, 0.15) is 31.5 Å². The lowest BCUT2D eigenvalue weighted by Gasteiger charge is -2.42. The van der Waals surface area contributed by atoms with E-state index >= 15 is 0 Å². The molecule has 4 aromatic rings. The molecule has 168 valence electrons. The predicted octanol–water partition coefficient (Wildman–Crippen LogP) is 3.75. The summed E-state index contributed by atoms with van der Waals surface area (Å²) in [5.74, 6) is 1.05. The number of piperidine rings is 1. The number of rotatable bonds is 3. The van der Waals surface area contributed by atoms with Gasteiger partial charge in [-0.1, -0.05) is 29.4 Å². The van der Waals surface area contributed by atoms with Crippen LogP contribution in [0.25, 0.3) is 5.65 Å². The lowest BCUT2D eigenvalue weighted by atomic mass is 9.73. The first-order chi connectivity index (χ1) is 16.5. The maximum Gasteiger partial charge on any atom is 0.211 e. The Morgan fingerprint density at radius 3 is 2.79 bits per heavy atom. The van der Waals surface area contributed by atoms with Crippen molar-refractivity contribution in [2.75, 3.05) is 23.7 Å². The van der Waals surface area contributed by atoms with Gasteiger partial charge in [-0.2, -0.15) is 0 Å². The van der Waals surface area contributed by atoms with Gasteiger partial charge in [-0.15, -0.1) is 0 Å². The second-order valence-electron chi connectivity index (χ2n) is 8.62. The van der Waals surface area contributed by atoms with Crippen molar-refractivity contribution >= 4 is 40.8 Å². The SMILES string of the molecule is [2H]c1cnc(N)c(Cl)c1Sc1cnc(N2CCC3(CC2)Cc2ncccc2[C@H]3N)n2ccnc12.